The summed E-state index contributed by atoms with van der Waals surface area (Å²) in [6.45, 7) is 2.17. The molecule has 0 aliphatic carbocycles. The molecule has 3 rings (SSSR count). The van der Waals surface area contributed by atoms with Gasteiger partial charge in [0.05, 0.1) is 13.2 Å². The van der Waals surface area contributed by atoms with Gasteiger partial charge in [0, 0.05) is 4.88 Å². The molecule has 0 aliphatic rings. The predicted octanol–water partition coefficient (Wildman–Crippen LogP) is 4.53. The van der Waals surface area contributed by atoms with Crippen LogP contribution >= 0.6 is 11.3 Å². The lowest BCUT2D eigenvalue weighted by molar-refractivity contribution is 0.415. The Kier molecular flexibility index (Phi) is 3.95. The van der Waals surface area contributed by atoms with Crippen LogP contribution < -0.4 is 10.1 Å². The molecule has 3 aromatic rings. The average Bonchev–Trinajstić information content (AvgIpc) is 2.93. The molecule has 2 nitrogen and oxygen atoms in total. The van der Waals surface area contributed by atoms with Crippen LogP contribution in [-0.4, -0.2) is 14.2 Å². The van der Waals surface area contributed by atoms with Crippen LogP contribution in [-0.2, 0) is 0 Å². The first kappa shape index (κ1) is 14.1. The fraction of sp³-hybridized carbons (Fsp3) is 0.222. The smallest absolute Gasteiger partial charge is 0.119 e. The number of hydrogen-bond donors (Lipinski definition) is 1. The number of rotatable bonds is 4. The lowest BCUT2D eigenvalue weighted by Crippen LogP contribution is -2.17. The van der Waals surface area contributed by atoms with Gasteiger partial charge in [0.25, 0.3) is 0 Å². The van der Waals surface area contributed by atoms with Crippen molar-refractivity contribution in [3.63, 3.8) is 0 Å². The highest BCUT2D eigenvalue weighted by Crippen LogP contribution is 2.31. The van der Waals surface area contributed by atoms with Crippen molar-refractivity contribution < 1.29 is 4.74 Å². The normalized spacial score (nSPS) is 12.5. The van der Waals surface area contributed by atoms with Gasteiger partial charge in [-0.1, -0.05) is 18.2 Å². The number of aryl methyl sites for hydroxylation is 1. The van der Waals surface area contributed by atoms with Gasteiger partial charge in [-0.05, 0) is 65.5 Å². The zero-order valence-corrected chi connectivity index (χ0v) is 13.3. The molecule has 0 bridgehead atoms. The summed E-state index contributed by atoms with van der Waals surface area (Å²) < 4.78 is 5.29. The second-order valence-electron chi connectivity index (χ2n) is 5.16. The van der Waals surface area contributed by atoms with Crippen molar-refractivity contribution >= 4 is 22.1 Å². The van der Waals surface area contributed by atoms with Crippen LogP contribution in [0.25, 0.3) is 10.8 Å². The molecule has 2 aromatic carbocycles. The molecule has 0 saturated heterocycles. The molecule has 1 N–H and O–H groups in total. The fourth-order valence-corrected chi connectivity index (χ4v) is 3.74. The summed E-state index contributed by atoms with van der Waals surface area (Å²) in [6.07, 6.45) is 0. The summed E-state index contributed by atoms with van der Waals surface area (Å²) in [6, 6.07) is 15.2. The van der Waals surface area contributed by atoms with Gasteiger partial charge in [0.2, 0.25) is 0 Å². The number of thiophene rings is 1. The second kappa shape index (κ2) is 5.88. The van der Waals surface area contributed by atoms with E-state index in [2.05, 4.69) is 54.0 Å². The van der Waals surface area contributed by atoms with Gasteiger partial charge < -0.3 is 10.1 Å². The van der Waals surface area contributed by atoms with Gasteiger partial charge in [0.15, 0.2) is 0 Å². The number of hydrogen-bond acceptors (Lipinski definition) is 3. The Morgan fingerprint density at radius 1 is 1.05 bits per heavy atom. The first-order chi connectivity index (χ1) is 10.2. The maximum Gasteiger partial charge on any atom is 0.119 e. The van der Waals surface area contributed by atoms with Crippen LogP contribution in [0.5, 0.6) is 5.75 Å². The van der Waals surface area contributed by atoms with Crippen LogP contribution in [0.4, 0.5) is 0 Å². The van der Waals surface area contributed by atoms with E-state index in [4.69, 9.17) is 4.74 Å². The molecule has 1 atom stereocenters. The number of benzene rings is 2. The quantitative estimate of drug-likeness (QED) is 0.764. The Hall–Kier alpha value is -1.84. The molecule has 3 heteroatoms. The van der Waals surface area contributed by atoms with Crippen molar-refractivity contribution in [3.05, 3.63) is 63.8 Å². The Morgan fingerprint density at radius 2 is 1.81 bits per heavy atom. The van der Waals surface area contributed by atoms with Crippen molar-refractivity contribution in [2.45, 2.75) is 13.0 Å². The van der Waals surface area contributed by atoms with Crippen molar-refractivity contribution in [2.24, 2.45) is 0 Å². The highest BCUT2D eigenvalue weighted by Gasteiger charge is 2.15. The Balaban J connectivity index is 2.05. The van der Waals surface area contributed by atoms with E-state index in [9.17, 15) is 0 Å². The number of fused-ring (bicyclic) bond motifs is 1. The third-order valence-electron chi connectivity index (χ3n) is 3.86. The van der Waals surface area contributed by atoms with Crippen LogP contribution in [0, 0.1) is 6.92 Å². The number of methoxy groups -OCH3 is 1. The van der Waals surface area contributed by atoms with Crippen molar-refractivity contribution in [1.82, 2.24) is 5.32 Å². The molecular weight excluding hydrogens is 278 g/mol. The average molecular weight is 297 g/mol. The van der Waals surface area contributed by atoms with E-state index in [0.29, 0.717) is 0 Å². The van der Waals surface area contributed by atoms with Gasteiger partial charge in [-0.15, -0.1) is 11.3 Å². The Morgan fingerprint density at radius 3 is 2.48 bits per heavy atom. The summed E-state index contributed by atoms with van der Waals surface area (Å²) in [7, 11) is 3.72. The van der Waals surface area contributed by atoms with E-state index in [1.165, 1.54) is 26.8 Å². The summed E-state index contributed by atoms with van der Waals surface area (Å²) in [5.41, 5.74) is 2.63. The van der Waals surface area contributed by atoms with E-state index < -0.39 is 0 Å². The summed E-state index contributed by atoms with van der Waals surface area (Å²) in [5.74, 6) is 0.898. The zero-order valence-electron chi connectivity index (χ0n) is 12.5. The maximum atomic E-state index is 5.29. The molecule has 21 heavy (non-hydrogen) atoms. The summed E-state index contributed by atoms with van der Waals surface area (Å²) >= 11 is 1.81. The van der Waals surface area contributed by atoms with Gasteiger partial charge in [-0.2, -0.15) is 0 Å². The van der Waals surface area contributed by atoms with Crippen LogP contribution in [0.2, 0.25) is 0 Å². The highest BCUT2D eigenvalue weighted by atomic mass is 32.1. The van der Waals surface area contributed by atoms with E-state index in [1.54, 1.807) is 18.4 Å². The van der Waals surface area contributed by atoms with E-state index in [1.807, 2.05) is 13.1 Å². The number of ether oxygens (including phenoxy) is 1. The molecular formula is C18H19NOS. The van der Waals surface area contributed by atoms with E-state index in [-0.39, 0.29) is 6.04 Å². The molecule has 0 fully saturated rings. The Labute approximate surface area is 129 Å². The molecule has 108 valence electrons. The SMILES string of the molecule is CNC(c1ccc2cc(OC)ccc2c1)c1sccc1C. The standard InChI is InChI=1S/C18H19NOS/c1-12-8-9-21-18(12)17(19-2)15-5-4-14-11-16(20-3)7-6-13(14)10-15/h4-11,17,19H,1-3H3. The van der Waals surface area contributed by atoms with E-state index >= 15 is 0 Å². The number of nitrogens with one attached hydrogen (secondary N) is 1. The van der Waals surface area contributed by atoms with Crippen molar-refractivity contribution in [2.75, 3.05) is 14.2 Å². The third kappa shape index (κ3) is 2.67. The minimum absolute atomic E-state index is 0.247. The largest absolute Gasteiger partial charge is 0.497 e. The van der Waals surface area contributed by atoms with E-state index in [0.717, 1.165) is 5.75 Å². The first-order valence-corrected chi connectivity index (χ1v) is 7.90. The molecule has 1 unspecified atom stereocenters. The van der Waals surface area contributed by atoms with Crippen molar-refractivity contribution in [1.29, 1.82) is 0 Å². The molecule has 0 radical (unpaired) electrons. The minimum atomic E-state index is 0.247. The minimum Gasteiger partial charge on any atom is -0.497 e. The lowest BCUT2D eigenvalue weighted by Gasteiger charge is -2.17. The predicted molar refractivity (Wildman–Crippen MR) is 90.5 cm³/mol. The Bertz CT molecular complexity index is 763. The third-order valence-corrected chi connectivity index (χ3v) is 4.94. The molecule has 1 heterocycles. The summed E-state index contributed by atoms with van der Waals surface area (Å²) in [5, 5.41) is 8.03. The molecule has 1 aromatic heterocycles. The first-order valence-electron chi connectivity index (χ1n) is 7.02. The van der Waals surface area contributed by atoms with Crippen LogP contribution in [0.1, 0.15) is 22.0 Å². The topological polar surface area (TPSA) is 21.3 Å². The lowest BCUT2D eigenvalue weighted by atomic mass is 9.99. The van der Waals surface area contributed by atoms with Crippen LogP contribution in [0.15, 0.2) is 47.8 Å². The van der Waals surface area contributed by atoms with Gasteiger partial charge >= 0.3 is 0 Å². The summed E-state index contributed by atoms with van der Waals surface area (Å²) in [4.78, 5) is 1.38. The van der Waals surface area contributed by atoms with Gasteiger partial charge in [-0.25, -0.2) is 0 Å². The zero-order chi connectivity index (χ0) is 14.8. The molecule has 0 spiro atoms. The maximum absolute atomic E-state index is 5.29. The van der Waals surface area contributed by atoms with Gasteiger partial charge in [-0.3, -0.25) is 0 Å². The van der Waals surface area contributed by atoms with Crippen LogP contribution in [0.3, 0.4) is 0 Å². The van der Waals surface area contributed by atoms with Gasteiger partial charge in [0.1, 0.15) is 5.75 Å². The fourth-order valence-electron chi connectivity index (χ4n) is 2.68. The monoisotopic (exact) mass is 297 g/mol. The molecule has 0 aliphatic heterocycles. The highest BCUT2D eigenvalue weighted by molar-refractivity contribution is 7.10. The van der Waals surface area contributed by atoms with Crippen molar-refractivity contribution in [3.8, 4) is 5.75 Å². The molecule has 0 saturated carbocycles. The second-order valence-corrected chi connectivity index (χ2v) is 6.11. The molecule has 0 amide bonds.